The molecule has 6 heteroatoms. The summed E-state index contributed by atoms with van der Waals surface area (Å²) in [6, 6.07) is 0. The molecular formula is C16H27N5S. The van der Waals surface area contributed by atoms with E-state index in [9.17, 15) is 0 Å². The molecule has 0 aliphatic carbocycles. The Morgan fingerprint density at radius 1 is 1.14 bits per heavy atom. The first-order chi connectivity index (χ1) is 10.7. The lowest BCUT2D eigenvalue weighted by Crippen LogP contribution is -2.45. The van der Waals surface area contributed by atoms with Crippen molar-refractivity contribution >= 4 is 17.7 Å². The third-order valence-corrected chi connectivity index (χ3v) is 5.93. The molecule has 1 atom stereocenters. The van der Waals surface area contributed by atoms with Crippen molar-refractivity contribution in [3.8, 4) is 0 Å². The van der Waals surface area contributed by atoms with Gasteiger partial charge in [0.15, 0.2) is 0 Å². The molecule has 0 N–H and O–H groups in total. The molecule has 3 heterocycles. The van der Waals surface area contributed by atoms with Crippen LogP contribution in [0.5, 0.6) is 0 Å². The average molecular weight is 321 g/mol. The number of thioether (sulfide) groups is 1. The first kappa shape index (κ1) is 16.0. The van der Waals surface area contributed by atoms with Gasteiger partial charge >= 0.3 is 0 Å². The number of likely N-dealkylation sites (N-methyl/N-ethyl adjacent to an activating group) is 1. The Morgan fingerprint density at radius 3 is 2.55 bits per heavy atom. The molecular weight excluding hydrogens is 294 g/mol. The molecule has 0 spiro atoms. The van der Waals surface area contributed by atoms with Crippen molar-refractivity contribution in [2.24, 2.45) is 0 Å². The van der Waals surface area contributed by atoms with Crippen LogP contribution in [0.4, 0.5) is 5.95 Å². The van der Waals surface area contributed by atoms with Crippen LogP contribution in [0.1, 0.15) is 18.9 Å². The van der Waals surface area contributed by atoms with Gasteiger partial charge in [-0.1, -0.05) is 6.92 Å². The molecule has 0 unspecified atom stereocenters. The molecule has 0 bridgehead atoms. The Morgan fingerprint density at radius 2 is 1.86 bits per heavy atom. The Hall–Kier alpha value is -0.850. The second kappa shape index (κ2) is 7.62. The SMILES string of the molecule is CC[C@H]1CN(Cc2cnc(N3CCN(C)CC3)nc2)CCS1. The van der Waals surface area contributed by atoms with E-state index in [1.165, 1.54) is 30.8 Å². The number of hydrogen-bond acceptors (Lipinski definition) is 6. The molecule has 1 aromatic heterocycles. The van der Waals surface area contributed by atoms with Gasteiger partial charge in [-0.2, -0.15) is 11.8 Å². The number of aromatic nitrogens is 2. The summed E-state index contributed by atoms with van der Waals surface area (Å²) in [7, 11) is 2.17. The predicted molar refractivity (Wildman–Crippen MR) is 93.6 cm³/mol. The molecule has 122 valence electrons. The highest BCUT2D eigenvalue weighted by molar-refractivity contribution is 8.00. The number of hydrogen-bond donors (Lipinski definition) is 0. The number of piperazine rings is 1. The van der Waals surface area contributed by atoms with Crippen LogP contribution in [-0.4, -0.2) is 77.1 Å². The monoisotopic (exact) mass is 321 g/mol. The third-order valence-electron chi connectivity index (χ3n) is 4.56. The van der Waals surface area contributed by atoms with Crippen LogP contribution in [0.2, 0.25) is 0 Å². The molecule has 2 fully saturated rings. The molecule has 1 aromatic rings. The highest BCUT2D eigenvalue weighted by Gasteiger charge is 2.20. The fraction of sp³-hybridized carbons (Fsp3) is 0.750. The summed E-state index contributed by atoms with van der Waals surface area (Å²) in [6.07, 6.45) is 5.30. The van der Waals surface area contributed by atoms with E-state index >= 15 is 0 Å². The maximum absolute atomic E-state index is 4.60. The van der Waals surface area contributed by atoms with E-state index in [1.54, 1.807) is 0 Å². The second-order valence-corrected chi connectivity index (χ2v) is 7.73. The van der Waals surface area contributed by atoms with E-state index in [2.05, 4.69) is 50.4 Å². The van der Waals surface area contributed by atoms with Gasteiger partial charge in [0, 0.05) is 74.8 Å². The Bertz CT molecular complexity index is 458. The summed E-state index contributed by atoms with van der Waals surface area (Å²) >= 11 is 2.12. The Balaban J connectivity index is 1.55. The van der Waals surface area contributed by atoms with Crippen molar-refractivity contribution in [2.75, 3.05) is 57.0 Å². The maximum atomic E-state index is 4.60. The molecule has 22 heavy (non-hydrogen) atoms. The molecule has 2 aliphatic heterocycles. The molecule has 0 saturated carbocycles. The van der Waals surface area contributed by atoms with Crippen molar-refractivity contribution in [1.29, 1.82) is 0 Å². The lowest BCUT2D eigenvalue weighted by molar-refractivity contribution is 0.272. The van der Waals surface area contributed by atoms with E-state index in [4.69, 9.17) is 0 Å². The molecule has 2 saturated heterocycles. The van der Waals surface area contributed by atoms with Crippen LogP contribution in [0, 0.1) is 0 Å². The van der Waals surface area contributed by atoms with Crippen molar-refractivity contribution in [3.63, 3.8) is 0 Å². The molecule has 0 amide bonds. The largest absolute Gasteiger partial charge is 0.338 e. The second-order valence-electron chi connectivity index (χ2n) is 6.32. The van der Waals surface area contributed by atoms with Crippen LogP contribution >= 0.6 is 11.8 Å². The van der Waals surface area contributed by atoms with Gasteiger partial charge < -0.3 is 9.80 Å². The minimum Gasteiger partial charge on any atom is -0.338 e. The van der Waals surface area contributed by atoms with Gasteiger partial charge in [-0.05, 0) is 13.5 Å². The van der Waals surface area contributed by atoms with Crippen LogP contribution in [0.3, 0.4) is 0 Å². The lowest BCUT2D eigenvalue weighted by Gasteiger charge is -2.33. The van der Waals surface area contributed by atoms with Crippen molar-refractivity contribution in [2.45, 2.75) is 25.1 Å². The van der Waals surface area contributed by atoms with Crippen molar-refractivity contribution in [1.82, 2.24) is 19.8 Å². The van der Waals surface area contributed by atoms with Crippen molar-refractivity contribution in [3.05, 3.63) is 18.0 Å². The van der Waals surface area contributed by atoms with Gasteiger partial charge in [0.05, 0.1) is 0 Å². The zero-order valence-electron chi connectivity index (χ0n) is 13.7. The van der Waals surface area contributed by atoms with E-state index < -0.39 is 0 Å². The van der Waals surface area contributed by atoms with Crippen molar-refractivity contribution < 1.29 is 0 Å². The smallest absolute Gasteiger partial charge is 0.225 e. The van der Waals surface area contributed by atoms with E-state index in [1.807, 2.05) is 12.4 Å². The minimum absolute atomic E-state index is 0.791. The maximum Gasteiger partial charge on any atom is 0.225 e. The lowest BCUT2D eigenvalue weighted by atomic mass is 10.2. The standard InChI is InChI=1S/C16H27N5S/c1-3-15-13-20(8-9-22-15)12-14-10-17-16(18-11-14)21-6-4-19(2)5-7-21/h10-11,15H,3-9,12-13H2,1-2H3/t15-/m0/s1. The molecule has 3 rings (SSSR count). The van der Waals surface area contributed by atoms with E-state index in [0.29, 0.717) is 0 Å². The van der Waals surface area contributed by atoms with Gasteiger partial charge in [-0.3, -0.25) is 4.90 Å². The van der Waals surface area contributed by atoms with Crippen LogP contribution in [-0.2, 0) is 6.54 Å². The van der Waals surface area contributed by atoms with E-state index in [-0.39, 0.29) is 0 Å². The highest BCUT2D eigenvalue weighted by Crippen LogP contribution is 2.22. The molecule has 5 nitrogen and oxygen atoms in total. The minimum atomic E-state index is 0.791. The van der Waals surface area contributed by atoms with Gasteiger partial charge in [0.25, 0.3) is 0 Å². The zero-order valence-corrected chi connectivity index (χ0v) is 14.6. The summed E-state index contributed by atoms with van der Waals surface area (Å²) < 4.78 is 0. The first-order valence-electron chi connectivity index (χ1n) is 8.33. The molecule has 2 aliphatic rings. The fourth-order valence-corrected chi connectivity index (χ4v) is 4.28. The summed E-state index contributed by atoms with van der Waals surface area (Å²) in [5.41, 5.74) is 1.24. The summed E-state index contributed by atoms with van der Waals surface area (Å²) in [5.74, 6) is 2.14. The van der Waals surface area contributed by atoms with E-state index in [0.717, 1.165) is 43.9 Å². The molecule has 0 radical (unpaired) electrons. The van der Waals surface area contributed by atoms with Gasteiger partial charge in [-0.15, -0.1) is 0 Å². The first-order valence-corrected chi connectivity index (χ1v) is 9.38. The normalized spacial score (nSPS) is 24.6. The third kappa shape index (κ3) is 4.12. The number of rotatable bonds is 4. The number of nitrogens with zero attached hydrogens (tertiary/aromatic N) is 5. The van der Waals surface area contributed by atoms with Gasteiger partial charge in [0.2, 0.25) is 5.95 Å². The zero-order chi connectivity index (χ0) is 15.4. The fourth-order valence-electron chi connectivity index (χ4n) is 3.03. The summed E-state index contributed by atoms with van der Waals surface area (Å²) in [6.45, 7) is 9.89. The Labute approximate surface area is 138 Å². The summed E-state index contributed by atoms with van der Waals surface area (Å²) in [4.78, 5) is 16.4. The van der Waals surface area contributed by atoms with Crippen LogP contribution in [0.15, 0.2) is 12.4 Å². The quantitative estimate of drug-likeness (QED) is 0.837. The van der Waals surface area contributed by atoms with Crippen LogP contribution < -0.4 is 4.90 Å². The molecule has 0 aromatic carbocycles. The van der Waals surface area contributed by atoms with Crippen LogP contribution in [0.25, 0.3) is 0 Å². The predicted octanol–water partition coefficient (Wildman–Crippen LogP) is 1.56. The summed E-state index contributed by atoms with van der Waals surface area (Å²) in [5, 5.41) is 0.791. The Kier molecular flexibility index (Phi) is 5.55. The highest BCUT2D eigenvalue weighted by atomic mass is 32.2. The topological polar surface area (TPSA) is 35.5 Å². The van der Waals surface area contributed by atoms with Gasteiger partial charge in [-0.25, -0.2) is 9.97 Å². The number of anilines is 1. The average Bonchev–Trinajstić information content (AvgIpc) is 2.57. The van der Waals surface area contributed by atoms with Gasteiger partial charge in [0.1, 0.15) is 0 Å².